The number of nitrogens with zero attached hydrogens (tertiary/aromatic N) is 1. The molecule has 0 spiro atoms. The van der Waals surface area contributed by atoms with Crippen molar-refractivity contribution in [3.8, 4) is 0 Å². The summed E-state index contributed by atoms with van der Waals surface area (Å²) in [5.74, 6) is 0. The molecule has 0 aliphatic carbocycles. The molecule has 1 N–H and O–H groups in total. The van der Waals surface area contributed by atoms with Gasteiger partial charge in [-0.1, -0.05) is 20.8 Å². The fourth-order valence-electron chi connectivity index (χ4n) is 3.14. The van der Waals surface area contributed by atoms with Gasteiger partial charge in [-0.15, -0.1) is 11.3 Å². The fourth-order valence-corrected chi connectivity index (χ4v) is 3.93. The number of thiophene rings is 1. The molecule has 0 radical (unpaired) electrons. The number of pyridine rings is 1. The summed E-state index contributed by atoms with van der Waals surface area (Å²) in [5, 5.41) is 5.85. The average Bonchev–Trinajstić information content (AvgIpc) is 2.71. The lowest BCUT2D eigenvalue weighted by Gasteiger charge is -2.36. The molecule has 0 amide bonds. The van der Waals surface area contributed by atoms with Gasteiger partial charge in [0.15, 0.2) is 0 Å². The van der Waals surface area contributed by atoms with Crippen LogP contribution in [0.2, 0.25) is 0 Å². The molecule has 0 saturated heterocycles. The number of hydrogen-bond donors (Lipinski definition) is 1. The van der Waals surface area contributed by atoms with Crippen molar-refractivity contribution in [1.29, 1.82) is 0 Å². The predicted octanol–water partition coefficient (Wildman–Crippen LogP) is 5.16. The van der Waals surface area contributed by atoms with Gasteiger partial charge in [0, 0.05) is 17.8 Å². The summed E-state index contributed by atoms with van der Waals surface area (Å²) in [6.45, 7) is 13.7. The summed E-state index contributed by atoms with van der Waals surface area (Å²) in [4.78, 5) is 4.54. The minimum Gasteiger partial charge on any atom is -0.305 e. The van der Waals surface area contributed by atoms with Crippen LogP contribution < -0.4 is 5.32 Å². The van der Waals surface area contributed by atoms with E-state index in [0.29, 0.717) is 11.5 Å². The SMILES string of the molecule is CC(NC(C)(C)CC(C)(C)C)c1cnc2ccsc2c1. The van der Waals surface area contributed by atoms with E-state index in [1.54, 1.807) is 11.3 Å². The maximum atomic E-state index is 4.54. The first-order chi connectivity index (χ1) is 9.16. The highest BCUT2D eigenvalue weighted by Gasteiger charge is 2.27. The zero-order chi connectivity index (χ0) is 15.0. The Kier molecular flexibility index (Phi) is 4.22. The van der Waals surface area contributed by atoms with E-state index in [2.05, 4.69) is 69.4 Å². The topological polar surface area (TPSA) is 24.9 Å². The van der Waals surface area contributed by atoms with Gasteiger partial charge in [-0.05, 0) is 55.7 Å². The third-order valence-electron chi connectivity index (χ3n) is 3.40. The largest absolute Gasteiger partial charge is 0.305 e. The van der Waals surface area contributed by atoms with E-state index in [1.165, 1.54) is 10.3 Å². The maximum absolute atomic E-state index is 4.54. The first-order valence-corrected chi connectivity index (χ1v) is 8.15. The van der Waals surface area contributed by atoms with E-state index in [0.717, 1.165) is 11.9 Å². The van der Waals surface area contributed by atoms with Crippen LogP contribution in [0.5, 0.6) is 0 Å². The molecule has 2 heterocycles. The van der Waals surface area contributed by atoms with Crippen LogP contribution in [-0.2, 0) is 0 Å². The molecule has 2 rings (SSSR count). The molecule has 1 unspecified atom stereocenters. The molecule has 1 atom stereocenters. The summed E-state index contributed by atoms with van der Waals surface area (Å²) in [6, 6.07) is 4.65. The summed E-state index contributed by atoms with van der Waals surface area (Å²) in [6.07, 6.45) is 3.14. The lowest BCUT2D eigenvalue weighted by atomic mass is 9.81. The van der Waals surface area contributed by atoms with Crippen molar-refractivity contribution in [2.45, 2.75) is 59.5 Å². The molecule has 0 aliphatic heterocycles. The Morgan fingerprint density at radius 1 is 1.25 bits per heavy atom. The van der Waals surface area contributed by atoms with Crippen LogP contribution in [-0.4, -0.2) is 10.5 Å². The van der Waals surface area contributed by atoms with Gasteiger partial charge in [0.05, 0.1) is 10.2 Å². The number of nitrogens with one attached hydrogen (secondary N) is 1. The Labute approximate surface area is 126 Å². The van der Waals surface area contributed by atoms with Gasteiger partial charge in [-0.2, -0.15) is 0 Å². The Morgan fingerprint density at radius 3 is 2.60 bits per heavy atom. The lowest BCUT2D eigenvalue weighted by Crippen LogP contribution is -2.43. The van der Waals surface area contributed by atoms with Crippen LogP contribution in [0, 0.1) is 5.41 Å². The molecule has 3 heteroatoms. The first-order valence-electron chi connectivity index (χ1n) is 7.27. The molecule has 110 valence electrons. The van der Waals surface area contributed by atoms with Crippen LogP contribution in [0.1, 0.15) is 59.6 Å². The lowest BCUT2D eigenvalue weighted by molar-refractivity contribution is 0.226. The van der Waals surface area contributed by atoms with E-state index in [-0.39, 0.29) is 5.54 Å². The van der Waals surface area contributed by atoms with Gasteiger partial charge in [-0.25, -0.2) is 0 Å². The highest BCUT2D eigenvalue weighted by Crippen LogP contribution is 2.29. The van der Waals surface area contributed by atoms with Crippen molar-refractivity contribution < 1.29 is 0 Å². The second-order valence-corrected chi connectivity index (χ2v) is 8.51. The maximum Gasteiger partial charge on any atom is 0.0809 e. The van der Waals surface area contributed by atoms with Gasteiger partial charge in [0.25, 0.3) is 0 Å². The second kappa shape index (κ2) is 5.45. The van der Waals surface area contributed by atoms with E-state index >= 15 is 0 Å². The van der Waals surface area contributed by atoms with Gasteiger partial charge >= 0.3 is 0 Å². The number of aromatic nitrogens is 1. The average molecular weight is 290 g/mol. The van der Waals surface area contributed by atoms with Crippen molar-refractivity contribution in [3.05, 3.63) is 29.3 Å². The minimum absolute atomic E-state index is 0.113. The van der Waals surface area contributed by atoms with Gasteiger partial charge in [0.1, 0.15) is 0 Å². The van der Waals surface area contributed by atoms with Crippen molar-refractivity contribution in [1.82, 2.24) is 10.3 Å². The molecule has 0 aromatic carbocycles. The summed E-state index contributed by atoms with van der Waals surface area (Å²) >= 11 is 1.76. The molecule has 20 heavy (non-hydrogen) atoms. The van der Waals surface area contributed by atoms with Crippen LogP contribution in [0.4, 0.5) is 0 Å². The summed E-state index contributed by atoms with van der Waals surface area (Å²) in [5.41, 5.74) is 2.80. The van der Waals surface area contributed by atoms with E-state index < -0.39 is 0 Å². The fraction of sp³-hybridized carbons (Fsp3) is 0.588. The summed E-state index contributed by atoms with van der Waals surface area (Å²) < 4.78 is 1.27. The Morgan fingerprint density at radius 2 is 1.95 bits per heavy atom. The molecular weight excluding hydrogens is 264 g/mol. The monoisotopic (exact) mass is 290 g/mol. The van der Waals surface area contributed by atoms with Crippen molar-refractivity contribution >= 4 is 21.6 Å². The Hall–Kier alpha value is -0.930. The van der Waals surface area contributed by atoms with E-state index in [1.807, 2.05) is 6.20 Å². The molecule has 2 aromatic rings. The standard InChI is InChI=1S/C17H26N2S/c1-12(19-17(5,6)11-16(2,3)4)13-9-15-14(18-10-13)7-8-20-15/h7-10,12,19H,11H2,1-6H3. The smallest absolute Gasteiger partial charge is 0.0809 e. The highest BCUT2D eigenvalue weighted by atomic mass is 32.1. The van der Waals surface area contributed by atoms with Crippen molar-refractivity contribution in [2.75, 3.05) is 0 Å². The number of hydrogen-bond acceptors (Lipinski definition) is 3. The number of rotatable bonds is 4. The van der Waals surface area contributed by atoms with Crippen LogP contribution >= 0.6 is 11.3 Å². The van der Waals surface area contributed by atoms with Gasteiger partial charge in [-0.3, -0.25) is 4.98 Å². The van der Waals surface area contributed by atoms with E-state index in [4.69, 9.17) is 0 Å². The first kappa shape index (κ1) is 15.5. The molecule has 2 nitrogen and oxygen atoms in total. The Balaban J connectivity index is 2.12. The molecule has 0 aliphatic rings. The number of fused-ring (bicyclic) bond motifs is 1. The molecule has 0 saturated carbocycles. The molecule has 0 bridgehead atoms. The second-order valence-electron chi connectivity index (χ2n) is 7.56. The van der Waals surface area contributed by atoms with E-state index in [9.17, 15) is 0 Å². The highest BCUT2D eigenvalue weighted by molar-refractivity contribution is 7.17. The minimum atomic E-state index is 0.113. The third-order valence-corrected chi connectivity index (χ3v) is 4.26. The van der Waals surface area contributed by atoms with Crippen LogP contribution in [0.15, 0.2) is 23.7 Å². The molecule has 2 aromatic heterocycles. The van der Waals surface area contributed by atoms with Crippen molar-refractivity contribution in [3.63, 3.8) is 0 Å². The predicted molar refractivity (Wildman–Crippen MR) is 89.3 cm³/mol. The zero-order valence-electron chi connectivity index (χ0n) is 13.4. The summed E-state index contributed by atoms with van der Waals surface area (Å²) in [7, 11) is 0. The van der Waals surface area contributed by atoms with Gasteiger partial charge in [0.2, 0.25) is 0 Å². The molecular formula is C17H26N2S. The Bertz CT molecular complexity index is 578. The van der Waals surface area contributed by atoms with Crippen LogP contribution in [0.25, 0.3) is 10.2 Å². The van der Waals surface area contributed by atoms with Crippen molar-refractivity contribution in [2.24, 2.45) is 5.41 Å². The quantitative estimate of drug-likeness (QED) is 0.841. The van der Waals surface area contributed by atoms with Crippen LogP contribution in [0.3, 0.4) is 0 Å². The molecule has 0 fully saturated rings. The third kappa shape index (κ3) is 4.03. The normalized spacial score (nSPS) is 14.7. The van der Waals surface area contributed by atoms with Gasteiger partial charge < -0.3 is 5.32 Å². The zero-order valence-corrected chi connectivity index (χ0v) is 14.3.